The molecule has 15 heteroatoms. The first-order chi connectivity index (χ1) is 24.8. The van der Waals surface area contributed by atoms with Crippen LogP contribution in [0, 0.1) is 11.7 Å². The van der Waals surface area contributed by atoms with Gasteiger partial charge in [-0.1, -0.05) is 25.0 Å². The number of anilines is 3. The summed E-state index contributed by atoms with van der Waals surface area (Å²) in [5.41, 5.74) is -1.69. The molecule has 6 rings (SSSR count). The van der Waals surface area contributed by atoms with Crippen molar-refractivity contribution in [2.75, 3.05) is 29.9 Å². The smallest absolute Gasteiger partial charge is 0.408 e. The molecule has 280 valence electrons. The van der Waals surface area contributed by atoms with Crippen LogP contribution in [0.1, 0.15) is 78.6 Å². The number of halogens is 1. The van der Waals surface area contributed by atoms with Crippen molar-refractivity contribution in [2.45, 2.75) is 108 Å². The van der Waals surface area contributed by atoms with Crippen molar-refractivity contribution in [3.8, 4) is 5.88 Å². The minimum atomic E-state index is -1.46. The number of carbonyl (C=O) groups excluding carboxylic acids is 3. The number of aromatic nitrogens is 2. The van der Waals surface area contributed by atoms with Crippen molar-refractivity contribution >= 4 is 41.3 Å². The molecule has 1 aliphatic carbocycles. The Morgan fingerprint density at radius 3 is 2.52 bits per heavy atom. The number of nitrogens with one attached hydrogen (secondary N) is 3. The zero-order valence-electron chi connectivity index (χ0n) is 29.9. The van der Waals surface area contributed by atoms with Gasteiger partial charge in [-0.25, -0.2) is 14.0 Å². The maximum Gasteiger partial charge on any atom is 0.408 e. The number of rotatable bonds is 7. The zero-order valence-corrected chi connectivity index (χ0v) is 29.9. The third-order valence-electron chi connectivity index (χ3n) is 9.82. The van der Waals surface area contributed by atoms with Gasteiger partial charge in [-0.2, -0.15) is 9.97 Å². The summed E-state index contributed by atoms with van der Waals surface area (Å²) >= 11 is 0. The van der Waals surface area contributed by atoms with E-state index in [-0.39, 0.29) is 42.9 Å². The normalized spacial score (nSPS) is 27.3. The van der Waals surface area contributed by atoms with Crippen molar-refractivity contribution in [1.82, 2.24) is 25.5 Å². The zero-order chi connectivity index (χ0) is 37.0. The van der Waals surface area contributed by atoms with Crippen LogP contribution in [0.5, 0.6) is 5.88 Å². The van der Waals surface area contributed by atoms with E-state index in [9.17, 15) is 28.7 Å². The number of allylic oxidation sites excluding steroid dienone is 1. The summed E-state index contributed by atoms with van der Waals surface area (Å²) in [6.07, 6.45) is 7.95. The second kappa shape index (κ2) is 15.3. The molecule has 14 nitrogen and oxygen atoms in total. The number of amides is 3. The van der Waals surface area contributed by atoms with Gasteiger partial charge in [0, 0.05) is 37.2 Å². The van der Waals surface area contributed by atoms with Gasteiger partial charge in [0.2, 0.25) is 23.6 Å². The van der Waals surface area contributed by atoms with Gasteiger partial charge in [-0.3, -0.25) is 9.59 Å². The van der Waals surface area contributed by atoms with Crippen molar-refractivity contribution in [3.05, 3.63) is 48.3 Å². The van der Waals surface area contributed by atoms with Crippen molar-refractivity contribution in [1.29, 1.82) is 0 Å². The molecule has 0 unspecified atom stereocenters. The number of hydrogen-bond acceptors (Lipinski definition) is 10. The van der Waals surface area contributed by atoms with Gasteiger partial charge < -0.3 is 40.3 Å². The Labute approximate surface area is 302 Å². The Morgan fingerprint density at radius 2 is 1.81 bits per heavy atom. The fraction of sp³-hybridized carbons (Fsp3) is 0.568. The molecule has 3 amide bonds. The van der Waals surface area contributed by atoms with Crippen molar-refractivity contribution < 1.29 is 38.1 Å². The highest BCUT2D eigenvalue weighted by Crippen LogP contribution is 2.45. The van der Waals surface area contributed by atoms with Crippen LogP contribution >= 0.6 is 0 Å². The maximum absolute atomic E-state index is 14.3. The quantitative estimate of drug-likeness (QED) is 0.292. The lowest BCUT2D eigenvalue weighted by atomic mass is 10.0. The van der Waals surface area contributed by atoms with E-state index in [1.807, 2.05) is 12.2 Å². The summed E-state index contributed by atoms with van der Waals surface area (Å²) in [6, 6.07) is 5.44. The number of nitrogens with zero attached hydrogens (tertiary/aromatic N) is 4. The van der Waals surface area contributed by atoms with Crippen LogP contribution in [0.3, 0.4) is 0 Å². The Bertz CT molecular complexity index is 1680. The molecule has 3 aliphatic heterocycles. The number of hydrogen-bond donors (Lipinski definition) is 4. The number of carboxylic acid groups (broad SMARTS) is 1. The molecule has 5 atom stereocenters. The standard InChI is InChI=1S/C37H48FN7O7/c1-36(2,3)52-35(50)40-27-12-8-6-4-5-7-11-23-21-37(23,33(48)49)43-31(46)28-19-26(22-45(28)32(27)47)51-30-20-29(44-17-9-10-18-44)41-34(42-30)39-25-15-13-24(38)14-16-25/h7,11,13-16,20,23,26-28H,4-6,8-10,12,17-19,21-22H2,1-3H3,(H,40,50)(H,43,46)(H,48,49)(H,39,41,42)/b11-7-/t23-,26+,27-,28-,37+/m0/s1. The van der Waals surface area contributed by atoms with Crippen LogP contribution in [-0.2, 0) is 19.1 Å². The summed E-state index contributed by atoms with van der Waals surface area (Å²) in [7, 11) is 0. The number of benzene rings is 1. The highest BCUT2D eigenvalue weighted by atomic mass is 19.1. The van der Waals surface area contributed by atoms with Gasteiger partial charge in [0.25, 0.3) is 0 Å². The summed E-state index contributed by atoms with van der Waals surface area (Å²) < 4.78 is 25.5. The fourth-order valence-corrected chi connectivity index (χ4v) is 7.07. The molecule has 0 bridgehead atoms. The van der Waals surface area contributed by atoms with E-state index in [4.69, 9.17) is 9.47 Å². The van der Waals surface area contributed by atoms with Gasteiger partial charge in [-0.05, 0) is 83.6 Å². The van der Waals surface area contributed by atoms with Gasteiger partial charge in [0.05, 0.1) is 6.54 Å². The number of aliphatic carboxylic acids is 1. The average molecular weight is 722 g/mol. The van der Waals surface area contributed by atoms with E-state index in [1.165, 1.54) is 17.0 Å². The van der Waals surface area contributed by atoms with Crippen LogP contribution in [0.15, 0.2) is 42.5 Å². The minimum absolute atomic E-state index is 0.0173. The number of carboxylic acids is 1. The van der Waals surface area contributed by atoms with Crippen LogP contribution in [0.4, 0.5) is 26.6 Å². The van der Waals surface area contributed by atoms with E-state index in [0.717, 1.165) is 45.2 Å². The topological polar surface area (TPSA) is 175 Å². The molecule has 3 fully saturated rings. The first kappa shape index (κ1) is 36.8. The Hall–Kier alpha value is -4.95. The molecular weight excluding hydrogens is 673 g/mol. The van der Waals surface area contributed by atoms with Crippen LogP contribution in [0.25, 0.3) is 0 Å². The summed E-state index contributed by atoms with van der Waals surface area (Å²) in [6.45, 7) is 6.77. The highest BCUT2D eigenvalue weighted by Gasteiger charge is 2.61. The van der Waals surface area contributed by atoms with Crippen LogP contribution in [0.2, 0.25) is 0 Å². The molecule has 1 aromatic carbocycles. The van der Waals surface area contributed by atoms with Gasteiger partial charge >= 0.3 is 12.1 Å². The fourth-order valence-electron chi connectivity index (χ4n) is 7.07. The Kier molecular flexibility index (Phi) is 10.9. The summed E-state index contributed by atoms with van der Waals surface area (Å²) in [5, 5.41) is 18.8. The van der Waals surface area contributed by atoms with Crippen LogP contribution < -0.4 is 25.6 Å². The molecule has 2 saturated heterocycles. The Balaban J connectivity index is 1.28. The molecule has 52 heavy (non-hydrogen) atoms. The third-order valence-corrected chi connectivity index (χ3v) is 9.82. The average Bonchev–Trinajstić information content (AvgIpc) is 3.39. The predicted octanol–water partition coefficient (Wildman–Crippen LogP) is 4.68. The number of alkyl carbamates (subject to hydrolysis) is 1. The highest BCUT2D eigenvalue weighted by molar-refractivity contribution is 5.96. The van der Waals surface area contributed by atoms with Gasteiger partial charge in [0.1, 0.15) is 41.0 Å². The predicted molar refractivity (Wildman–Crippen MR) is 190 cm³/mol. The van der Waals surface area contributed by atoms with E-state index in [0.29, 0.717) is 24.3 Å². The molecule has 4 aliphatic rings. The van der Waals surface area contributed by atoms with E-state index in [2.05, 4.69) is 30.8 Å². The first-order valence-corrected chi connectivity index (χ1v) is 18.1. The largest absolute Gasteiger partial charge is 0.479 e. The summed E-state index contributed by atoms with van der Waals surface area (Å²) in [5.74, 6) is -1.91. The number of fused-ring (bicyclic) bond motifs is 2. The second-order valence-corrected chi connectivity index (χ2v) is 15.0. The first-order valence-electron chi connectivity index (χ1n) is 18.1. The molecule has 1 saturated carbocycles. The van der Waals surface area contributed by atoms with Crippen LogP contribution in [-0.4, -0.2) is 92.8 Å². The van der Waals surface area contributed by atoms with E-state index >= 15 is 0 Å². The summed E-state index contributed by atoms with van der Waals surface area (Å²) in [4.78, 5) is 66.5. The molecular formula is C37H48FN7O7. The third kappa shape index (κ3) is 8.91. The lowest BCUT2D eigenvalue weighted by Crippen LogP contribution is -2.56. The number of carbonyl (C=O) groups is 4. The van der Waals surface area contributed by atoms with Crippen molar-refractivity contribution in [2.24, 2.45) is 5.92 Å². The van der Waals surface area contributed by atoms with Gasteiger partial charge in [0.15, 0.2) is 0 Å². The molecule has 4 N–H and O–H groups in total. The van der Waals surface area contributed by atoms with E-state index in [1.54, 1.807) is 39.0 Å². The molecule has 0 radical (unpaired) electrons. The molecule has 2 aromatic rings. The molecule has 0 spiro atoms. The lowest BCUT2D eigenvalue weighted by molar-refractivity contribution is -0.145. The minimum Gasteiger partial charge on any atom is -0.479 e. The Morgan fingerprint density at radius 1 is 1.06 bits per heavy atom. The molecule has 4 heterocycles. The monoisotopic (exact) mass is 721 g/mol. The molecule has 1 aromatic heterocycles. The SMILES string of the molecule is CC(C)(C)OC(=O)N[C@H]1CCCCC/C=C\[C@H]2C[C@@]2(C(=O)O)NC(=O)[C@@H]2C[C@@H](Oc3cc(N4CCCC4)nc(Nc4ccc(F)cc4)n3)CN2C1=O. The number of ether oxygens (including phenoxy) is 2. The second-order valence-electron chi connectivity index (χ2n) is 15.0. The van der Waals surface area contributed by atoms with Crippen molar-refractivity contribution in [3.63, 3.8) is 0 Å². The lowest BCUT2D eigenvalue weighted by Gasteiger charge is -2.30. The van der Waals surface area contributed by atoms with Gasteiger partial charge in [-0.15, -0.1) is 0 Å². The van der Waals surface area contributed by atoms with E-state index < -0.39 is 53.2 Å². The maximum atomic E-state index is 14.3.